The van der Waals surface area contributed by atoms with Crippen LogP contribution in [0.25, 0.3) is 22.3 Å². The Bertz CT molecular complexity index is 1360. The highest BCUT2D eigenvalue weighted by Crippen LogP contribution is 2.31. The summed E-state index contributed by atoms with van der Waals surface area (Å²) in [6.07, 6.45) is 0.777. The fraction of sp³-hybridized carbons (Fsp3) is 0.200. The fourth-order valence-corrected chi connectivity index (χ4v) is 4.23. The molecule has 34 heavy (non-hydrogen) atoms. The quantitative estimate of drug-likeness (QED) is 0.423. The summed E-state index contributed by atoms with van der Waals surface area (Å²) in [5.41, 5.74) is 14.3. The topological polar surface area (TPSA) is 109 Å². The zero-order valence-corrected chi connectivity index (χ0v) is 18.6. The molecular formula is C25H24FN7O. The van der Waals surface area contributed by atoms with Crippen LogP contribution < -0.4 is 16.5 Å². The van der Waals surface area contributed by atoms with E-state index in [4.69, 9.17) is 10.7 Å². The number of hydrazine groups is 1. The molecule has 0 aliphatic carbocycles. The molecule has 1 aliphatic rings. The third kappa shape index (κ3) is 4.65. The molecule has 0 bridgehead atoms. The highest BCUT2D eigenvalue weighted by Gasteiger charge is 2.29. The summed E-state index contributed by atoms with van der Waals surface area (Å²) in [6, 6.07) is 17.2. The maximum Gasteiger partial charge on any atom is 0.333 e. The van der Waals surface area contributed by atoms with Gasteiger partial charge in [0.2, 0.25) is 5.95 Å². The van der Waals surface area contributed by atoms with Crippen molar-refractivity contribution in [1.29, 1.82) is 0 Å². The number of benzene rings is 2. The van der Waals surface area contributed by atoms with E-state index in [1.807, 2.05) is 48.3 Å². The average molecular weight is 458 g/mol. The molecule has 0 radical (unpaired) electrons. The molecule has 1 aliphatic heterocycles. The molecule has 172 valence electrons. The molecule has 4 aromatic rings. The second-order valence-electron chi connectivity index (χ2n) is 8.41. The zero-order valence-electron chi connectivity index (χ0n) is 18.6. The van der Waals surface area contributed by atoms with E-state index in [1.165, 1.54) is 12.1 Å². The van der Waals surface area contributed by atoms with Gasteiger partial charge in [0.1, 0.15) is 11.3 Å². The number of hydrogen-bond donors (Lipinski definition) is 3. The van der Waals surface area contributed by atoms with Crippen molar-refractivity contribution < 1.29 is 9.18 Å². The van der Waals surface area contributed by atoms with E-state index in [1.54, 1.807) is 12.1 Å². The second kappa shape index (κ2) is 9.03. The van der Waals surface area contributed by atoms with Crippen LogP contribution in [0.5, 0.6) is 0 Å². The number of carbonyl (C=O) groups is 1. The van der Waals surface area contributed by atoms with Crippen LogP contribution in [-0.2, 0) is 0 Å². The molecule has 9 heteroatoms. The van der Waals surface area contributed by atoms with Crippen molar-refractivity contribution in [2.24, 2.45) is 0 Å². The third-order valence-corrected chi connectivity index (χ3v) is 5.84. The van der Waals surface area contributed by atoms with E-state index in [-0.39, 0.29) is 23.7 Å². The number of urea groups is 1. The lowest BCUT2D eigenvalue weighted by Gasteiger charge is -2.18. The lowest BCUT2D eigenvalue weighted by Crippen LogP contribution is -2.42. The minimum Gasteiger partial charge on any atom is -0.368 e. The molecule has 0 saturated carbocycles. The van der Waals surface area contributed by atoms with Crippen LogP contribution in [0.4, 0.5) is 20.8 Å². The van der Waals surface area contributed by atoms with Crippen LogP contribution in [0.2, 0.25) is 0 Å². The lowest BCUT2D eigenvalue weighted by atomic mass is 10.0. The Morgan fingerprint density at radius 3 is 2.71 bits per heavy atom. The maximum atomic E-state index is 13.3. The minimum absolute atomic E-state index is 0.0167. The van der Waals surface area contributed by atoms with Crippen molar-refractivity contribution in [3.05, 3.63) is 77.7 Å². The van der Waals surface area contributed by atoms with Gasteiger partial charge >= 0.3 is 6.03 Å². The van der Waals surface area contributed by atoms with Gasteiger partial charge in [0, 0.05) is 30.3 Å². The van der Waals surface area contributed by atoms with Gasteiger partial charge in [0.15, 0.2) is 0 Å². The number of nitrogens with two attached hydrogens (primary N) is 1. The standard InChI is InChI=1S/C25H24FN7O/c1-15-3-2-4-19(13-15)28-25(34)32-33-12-11-17(14-33)22-23-21(30-24(27)31-22)10-9-20(29-23)16-5-7-18(26)8-6-16/h2-10,13,17H,11-12,14H2,1H3,(H2,27,30,31)(H2,28,32,34). The molecule has 1 fully saturated rings. The van der Waals surface area contributed by atoms with Crippen molar-refractivity contribution in [1.82, 2.24) is 25.4 Å². The average Bonchev–Trinajstić information content (AvgIpc) is 3.27. The van der Waals surface area contributed by atoms with Gasteiger partial charge in [0.25, 0.3) is 0 Å². The number of pyridine rings is 1. The smallest absolute Gasteiger partial charge is 0.333 e. The molecule has 0 spiro atoms. The van der Waals surface area contributed by atoms with E-state index >= 15 is 0 Å². The van der Waals surface area contributed by atoms with Crippen LogP contribution in [0.1, 0.15) is 23.6 Å². The lowest BCUT2D eigenvalue weighted by molar-refractivity contribution is 0.208. The molecule has 2 aromatic heterocycles. The van der Waals surface area contributed by atoms with Gasteiger partial charge in [-0.25, -0.2) is 29.1 Å². The van der Waals surface area contributed by atoms with Gasteiger partial charge in [-0.05, 0) is 67.4 Å². The summed E-state index contributed by atoms with van der Waals surface area (Å²) in [7, 11) is 0. The number of halogens is 1. The van der Waals surface area contributed by atoms with Gasteiger partial charge in [-0.3, -0.25) is 5.43 Å². The Morgan fingerprint density at radius 1 is 1.09 bits per heavy atom. The molecule has 2 aromatic carbocycles. The monoisotopic (exact) mass is 457 g/mol. The molecular weight excluding hydrogens is 433 g/mol. The van der Waals surface area contributed by atoms with Crippen molar-refractivity contribution in [3.8, 4) is 11.3 Å². The van der Waals surface area contributed by atoms with E-state index in [0.29, 0.717) is 29.8 Å². The first kappa shape index (κ1) is 21.7. The normalized spacial score (nSPS) is 16.0. The summed E-state index contributed by atoms with van der Waals surface area (Å²) in [4.78, 5) is 26.1. The van der Waals surface area contributed by atoms with E-state index in [0.717, 1.165) is 28.9 Å². The van der Waals surface area contributed by atoms with Crippen LogP contribution >= 0.6 is 0 Å². The first-order valence-corrected chi connectivity index (χ1v) is 11.0. The maximum absolute atomic E-state index is 13.3. The van der Waals surface area contributed by atoms with Gasteiger partial charge in [-0.2, -0.15) is 0 Å². The minimum atomic E-state index is -0.300. The summed E-state index contributed by atoms with van der Waals surface area (Å²) in [6.45, 7) is 3.20. The number of nitrogens with zero attached hydrogens (tertiary/aromatic N) is 4. The highest BCUT2D eigenvalue weighted by atomic mass is 19.1. The number of hydrogen-bond acceptors (Lipinski definition) is 6. The SMILES string of the molecule is Cc1cccc(NC(=O)NN2CCC(c3nc(N)nc4ccc(-c5ccc(F)cc5)nc34)C2)c1. The Morgan fingerprint density at radius 2 is 1.91 bits per heavy atom. The Kier molecular flexibility index (Phi) is 5.77. The number of amides is 2. The number of nitrogen functional groups attached to an aromatic ring is 1. The van der Waals surface area contributed by atoms with Gasteiger partial charge < -0.3 is 11.1 Å². The van der Waals surface area contributed by atoms with Crippen molar-refractivity contribution in [2.75, 3.05) is 24.1 Å². The highest BCUT2D eigenvalue weighted by molar-refractivity contribution is 5.89. The molecule has 3 heterocycles. The molecule has 4 N–H and O–H groups in total. The first-order valence-electron chi connectivity index (χ1n) is 11.0. The molecule has 1 atom stereocenters. The summed E-state index contributed by atoms with van der Waals surface area (Å²) in [5, 5.41) is 4.72. The van der Waals surface area contributed by atoms with Gasteiger partial charge in [-0.1, -0.05) is 12.1 Å². The van der Waals surface area contributed by atoms with E-state index in [2.05, 4.69) is 20.7 Å². The Labute approximate surface area is 196 Å². The van der Waals surface area contributed by atoms with Crippen LogP contribution in [0.15, 0.2) is 60.7 Å². The van der Waals surface area contributed by atoms with Crippen molar-refractivity contribution in [2.45, 2.75) is 19.3 Å². The number of aryl methyl sites for hydroxylation is 1. The third-order valence-electron chi connectivity index (χ3n) is 5.84. The number of aromatic nitrogens is 3. The molecule has 8 nitrogen and oxygen atoms in total. The molecule has 1 saturated heterocycles. The number of anilines is 2. The number of nitrogens with one attached hydrogen (secondary N) is 2. The zero-order chi connectivity index (χ0) is 23.7. The van der Waals surface area contributed by atoms with Gasteiger partial charge in [-0.15, -0.1) is 0 Å². The summed E-state index contributed by atoms with van der Waals surface area (Å²) < 4.78 is 13.3. The number of rotatable bonds is 4. The van der Waals surface area contributed by atoms with E-state index in [9.17, 15) is 9.18 Å². The predicted molar refractivity (Wildman–Crippen MR) is 129 cm³/mol. The van der Waals surface area contributed by atoms with Crippen LogP contribution in [0.3, 0.4) is 0 Å². The van der Waals surface area contributed by atoms with E-state index < -0.39 is 0 Å². The van der Waals surface area contributed by atoms with Crippen LogP contribution in [0, 0.1) is 12.7 Å². The molecule has 1 unspecified atom stereocenters. The van der Waals surface area contributed by atoms with Gasteiger partial charge in [0.05, 0.1) is 16.9 Å². The number of fused-ring (bicyclic) bond motifs is 1. The predicted octanol–water partition coefficient (Wildman–Crippen LogP) is 4.25. The number of carbonyl (C=O) groups excluding carboxylic acids is 1. The van der Waals surface area contributed by atoms with Crippen molar-refractivity contribution >= 4 is 28.7 Å². The Balaban J connectivity index is 1.35. The fourth-order valence-electron chi connectivity index (χ4n) is 4.23. The second-order valence-corrected chi connectivity index (χ2v) is 8.41. The summed E-state index contributed by atoms with van der Waals surface area (Å²) >= 11 is 0. The Hall–Kier alpha value is -4.11. The largest absolute Gasteiger partial charge is 0.368 e. The van der Waals surface area contributed by atoms with Crippen LogP contribution in [-0.4, -0.2) is 39.1 Å². The molecule has 2 amide bonds. The first-order chi connectivity index (χ1) is 16.4. The van der Waals surface area contributed by atoms with Crippen molar-refractivity contribution in [3.63, 3.8) is 0 Å². The molecule has 5 rings (SSSR count). The summed E-state index contributed by atoms with van der Waals surface area (Å²) in [5.74, 6) is -0.100.